The molecule has 1 amide bonds. The molecule has 1 aromatic carbocycles. The van der Waals surface area contributed by atoms with Gasteiger partial charge in [0.25, 0.3) is 0 Å². The molecule has 2 aromatic heterocycles. The summed E-state index contributed by atoms with van der Waals surface area (Å²) in [7, 11) is -3.57. The van der Waals surface area contributed by atoms with Crippen LogP contribution in [0.5, 0.6) is 0 Å². The molecular formula is C22H25N5O3S. The van der Waals surface area contributed by atoms with E-state index in [1.165, 1.54) is 4.31 Å². The van der Waals surface area contributed by atoms with Gasteiger partial charge in [-0.15, -0.1) is 0 Å². The fraction of sp³-hybridized carbons (Fsp3) is 0.318. The van der Waals surface area contributed by atoms with Crippen molar-refractivity contribution >= 4 is 21.6 Å². The third-order valence-electron chi connectivity index (χ3n) is 5.54. The molecule has 162 valence electrons. The number of pyridine rings is 1. The molecule has 1 aliphatic heterocycles. The van der Waals surface area contributed by atoms with Crippen molar-refractivity contribution in [1.82, 2.24) is 19.1 Å². The third-order valence-corrected chi connectivity index (χ3v) is 7.60. The largest absolute Gasteiger partial charge is 0.323 e. The fourth-order valence-corrected chi connectivity index (χ4v) is 5.57. The van der Waals surface area contributed by atoms with Gasteiger partial charge in [-0.05, 0) is 56.5 Å². The lowest BCUT2D eigenvalue weighted by Crippen LogP contribution is -2.41. The second-order valence-corrected chi connectivity index (χ2v) is 9.67. The highest BCUT2D eigenvalue weighted by atomic mass is 32.2. The van der Waals surface area contributed by atoms with E-state index in [1.807, 2.05) is 26.0 Å². The molecule has 0 aliphatic carbocycles. The van der Waals surface area contributed by atoms with E-state index < -0.39 is 10.0 Å². The van der Waals surface area contributed by atoms with Gasteiger partial charge in [0.15, 0.2) is 5.82 Å². The molecule has 31 heavy (non-hydrogen) atoms. The molecule has 0 saturated carbocycles. The summed E-state index contributed by atoms with van der Waals surface area (Å²) < 4.78 is 29.2. The van der Waals surface area contributed by atoms with E-state index in [-0.39, 0.29) is 11.8 Å². The highest BCUT2D eigenvalue weighted by molar-refractivity contribution is 7.89. The first-order chi connectivity index (χ1) is 14.9. The van der Waals surface area contributed by atoms with Gasteiger partial charge in [-0.3, -0.25) is 4.79 Å². The van der Waals surface area contributed by atoms with E-state index in [2.05, 4.69) is 15.4 Å². The lowest BCUT2D eigenvalue weighted by Gasteiger charge is -2.31. The van der Waals surface area contributed by atoms with Gasteiger partial charge >= 0.3 is 0 Å². The number of nitrogens with zero attached hydrogens (tertiary/aromatic N) is 4. The van der Waals surface area contributed by atoms with E-state index in [1.54, 1.807) is 47.5 Å². The number of nitrogens with one attached hydrogen (secondary N) is 1. The van der Waals surface area contributed by atoms with Gasteiger partial charge < -0.3 is 5.32 Å². The van der Waals surface area contributed by atoms with Gasteiger partial charge in [-0.25, -0.2) is 18.1 Å². The van der Waals surface area contributed by atoms with E-state index >= 15 is 0 Å². The number of anilines is 1. The summed E-state index contributed by atoms with van der Waals surface area (Å²) in [6, 6.07) is 10.7. The zero-order valence-electron chi connectivity index (χ0n) is 17.5. The number of hydrogen-bond donors (Lipinski definition) is 1. The molecule has 1 fully saturated rings. The molecule has 0 unspecified atom stereocenters. The van der Waals surface area contributed by atoms with Gasteiger partial charge in [0.2, 0.25) is 15.9 Å². The Kier molecular flexibility index (Phi) is 5.88. The number of sulfonamides is 1. The summed E-state index contributed by atoms with van der Waals surface area (Å²) in [5.74, 6) is 0.136. The van der Waals surface area contributed by atoms with E-state index in [4.69, 9.17) is 0 Å². The summed E-state index contributed by atoms with van der Waals surface area (Å²) in [4.78, 5) is 17.5. The second kappa shape index (κ2) is 8.60. The Hall–Kier alpha value is -3.04. The Morgan fingerprint density at radius 2 is 1.87 bits per heavy atom. The third kappa shape index (κ3) is 4.38. The Balaban J connectivity index is 1.43. The van der Waals surface area contributed by atoms with Crippen LogP contribution in [-0.4, -0.2) is 46.5 Å². The van der Waals surface area contributed by atoms with Crippen molar-refractivity contribution in [3.05, 3.63) is 66.1 Å². The number of aromatic nitrogens is 3. The average Bonchev–Trinajstić information content (AvgIpc) is 3.28. The molecule has 1 aliphatic rings. The topological polar surface area (TPSA) is 97.2 Å². The van der Waals surface area contributed by atoms with Crippen molar-refractivity contribution in [3.8, 4) is 5.82 Å². The summed E-state index contributed by atoms with van der Waals surface area (Å²) in [6.07, 6.45) is 5.98. The average molecular weight is 440 g/mol. The standard InChI is InChI=1S/C22H25N5O3S/c1-16-6-7-20(17(2)15-16)31(29,30)26-13-8-18(9-14-26)22(28)25-19-5-3-10-23-21(19)27-12-4-11-24-27/h3-7,10-12,15,18H,8-9,13-14H2,1-2H3,(H,25,28). The van der Waals surface area contributed by atoms with Crippen LogP contribution in [0.2, 0.25) is 0 Å². The first-order valence-corrected chi connectivity index (χ1v) is 11.6. The van der Waals surface area contributed by atoms with E-state index in [0.29, 0.717) is 42.3 Å². The molecule has 3 heterocycles. The van der Waals surface area contributed by atoms with Gasteiger partial charge in [-0.1, -0.05) is 17.7 Å². The maximum Gasteiger partial charge on any atom is 0.243 e. The van der Waals surface area contributed by atoms with Crippen molar-refractivity contribution < 1.29 is 13.2 Å². The number of carbonyl (C=O) groups excluding carboxylic acids is 1. The summed E-state index contributed by atoms with van der Waals surface area (Å²) in [6.45, 7) is 4.37. The number of aryl methyl sites for hydroxylation is 2. The second-order valence-electron chi connectivity index (χ2n) is 7.76. The van der Waals surface area contributed by atoms with Crippen LogP contribution in [0.15, 0.2) is 59.9 Å². The minimum absolute atomic E-state index is 0.134. The quantitative estimate of drug-likeness (QED) is 0.659. The van der Waals surface area contributed by atoms with E-state index in [9.17, 15) is 13.2 Å². The van der Waals surface area contributed by atoms with Crippen LogP contribution in [-0.2, 0) is 14.8 Å². The Bertz CT molecular complexity index is 1180. The smallest absolute Gasteiger partial charge is 0.243 e. The van der Waals surface area contributed by atoms with E-state index in [0.717, 1.165) is 11.1 Å². The number of carbonyl (C=O) groups is 1. The number of amides is 1. The zero-order valence-corrected chi connectivity index (χ0v) is 18.3. The van der Waals surface area contributed by atoms with Crippen molar-refractivity contribution in [2.24, 2.45) is 5.92 Å². The first-order valence-electron chi connectivity index (χ1n) is 10.2. The summed E-state index contributed by atoms with van der Waals surface area (Å²) in [5.41, 5.74) is 2.33. The van der Waals surface area contributed by atoms with Crippen LogP contribution < -0.4 is 5.32 Å². The van der Waals surface area contributed by atoms with Gasteiger partial charge in [-0.2, -0.15) is 9.40 Å². The molecule has 8 nitrogen and oxygen atoms in total. The van der Waals surface area contributed by atoms with Crippen LogP contribution in [0.3, 0.4) is 0 Å². The number of rotatable bonds is 5. The molecule has 1 N–H and O–H groups in total. The van der Waals surface area contributed by atoms with Crippen LogP contribution in [0.1, 0.15) is 24.0 Å². The molecule has 0 spiro atoms. The van der Waals surface area contributed by atoms with Crippen LogP contribution >= 0.6 is 0 Å². The molecule has 0 radical (unpaired) electrons. The molecule has 9 heteroatoms. The highest BCUT2D eigenvalue weighted by Gasteiger charge is 2.33. The number of benzene rings is 1. The lowest BCUT2D eigenvalue weighted by atomic mass is 9.97. The minimum atomic E-state index is -3.57. The molecule has 1 saturated heterocycles. The molecular weight excluding hydrogens is 414 g/mol. The van der Waals surface area contributed by atoms with Crippen LogP contribution in [0.25, 0.3) is 5.82 Å². The zero-order chi connectivity index (χ0) is 22.0. The van der Waals surface area contributed by atoms with Crippen LogP contribution in [0, 0.1) is 19.8 Å². The minimum Gasteiger partial charge on any atom is -0.323 e. The monoisotopic (exact) mass is 439 g/mol. The molecule has 3 aromatic rings. The normalized spacial score (nSPS) is 15.7. The van der Waals surface area contributed by atoms with Gasteiger partial charge in [0.1, 0.15) is 0 Å². The maximum atomic E-state index is 13.1. The summed E-state index contributed by atoms with van der Waals surface area (Å²) >= 11 is 0. The predicted octanol–water partition coefficient (Wildman–Crippen LogP) is 2.92. The summed E-state index contributed by atoms with van der Waals surface area (Å²) in [5, 5.41) is 7.11. The first kappa shape index (κ1) is 21.2. The predicted molar refractivity (Wildman–Crippen MR) is 117 cm³/mol. The van der Waals surface area contributed by atoms with Crippen molar-refractivity contribution in [1.29, 1.82) is 0 Å². The van der Waals surface area contributed by atoms with Crippen molar-refractivity contribution in [2.75, 3.05) is 18.4 Å². The number of piperidine rings is 1. The maximum absolute atomic E-state index is 13.1. The molecule has 0 bridgehead atoms. The van der Waals surface area contributed by atoms with Crippen LogP contribution in [0.4, 0.5) is 5.69 Å². The highest BCUT2D eigenvalue weighted by Crippen LogP contribution is 2.27. The van der Waals surface area contributed by atoms with Crippen molar-refractivity contribution in [3.63, 3.8) is 0 Å². The SMILES string of the molecule is Cc1ccc(S(=O)(=O)N2CCC(C(=O)Nc3cccnc3-n3cccn3)CC2)c(C)c1. The molecule has 4 rings (SSSR count). The Morgan fingerprint density at radius 1 is 1.10 bits per heavy atom. The fourth-order valence-electron chi connectivity index (χ4n) is 3.89. The van der Waals surface area contributed by atoms with Crippen molar-refractivity contribution in [2.45, 2.75) is 31.6 Å². The number of hydrogen-bond acceptors (Lipinski definition) is 5. The lowest BCUT2D eigenvalue weighted by molar-refractivity contribution is -0.120. The Morgan fingerprint density at radius 3 is 2.55 bits per heavy atom. The van der Waals surface area contributed by atoms with Gasteiger partial charge in [0, 0.05) is 37.6 Å². The Labute approximate surface area is 182 Å². The molecule has 0 atom stereocenters. The van der Waals surface area contributed by atoms with Gasteiger partial charge in [0.05, 0.1) is 10.6 Å².